The molecule has 3 rings (SSSR count). The Morgan fingerprint density at radius 3 is 2.59 bits per heavy atom. The Morgan fingerprint density at radius 1 is 1.18 bits per heavy atom. The number of aromatic nitrogens is 3. The van der Waals surface area contributed by atoms with Gasteiger partial charge in [0.05, 0.1) is 11.2 Å². The third kappa shape index (κ3) is 2.31. The monoisotopic (exact) mass is 294 g/mol. The zero-order valence-electron chi connectivity index (χ0n) is 11.9. The molecule has 0 spiro atoms. The number of aliphatic carboxylic acids is 1. The second-order valence-electron chi connectivity index (χ2n) is 4.93. The van der Waals surface area contributed by atoms with Crippen LogP contribution in [0.1, 0.15) is 11.1 Å². The Kier molecular flexibility index (Phi) is 3.34. The molecular weight excluding hydrogens is 280 g/mol. The highest BCUT2D eigenvalue weighted by atomic mass is 16.4. The second-order valence-corrected chi connectivity index (χ2v) is 4.93. The molecule has 0 saturated heterocycles. The molecule has 0 aliphatic rings. The van der Waals surface area contributed by atoms with Gasteiger partial charge >= 0.3 is 5.97 Å². The SMILES string of the molecule is Cc1ccc2c(c1)nnn2/C(C(=O)O)=C(/N)c1ccccc1. The molecule has 0 unspecified atom stereocenters. The number of rotatable bonds is 3. The smallest absolute Gasteiger partial charge is 0.356 e. The van der Waals surface area contributed by atoms with Crippen LogP contribution in [0.4, 0.5) is 0 Å². The van der Waals surface area contributed by atoms with E-state index in [9.17, 15) is 9.90 Å². The summed E-state index contributed by atoms with van der Waals surface area (Å²) in [5.41, 5.74) is 8.96. The molecule has 0 aliphatic heterocycles. The van der Waals surface area contributed by atoms with E-state index in [0.29, 0.717) is 16.6 Å². The van der Waals surface area contributed by atoms with Crippen LogP contribution in [0.25, 0.3) is 22.4 Å². The van der Waals surface area contributed by atoms with Crippen molar-refractivity contribution < 1.29 is 9.90 Å². The number of hydrogen-bond donors (Lipinski definition) is 2. The zero-order chi connectivity index (χ0) is 15.7. The predicted octanol–water partition coefficient (Wildman–Crippen LogP) is 2.11. The normalized spacial score (nSPS) is 12.2. The van der Waals surface area contributed by atoms with Crippen LogP contribution in [-0.4, -0.2) is 26.1 Å². The van der Waals surface area contributed by atoms with Crippen molar-refractivity contribution in [2.45, 2.75) is 6.92 Å². The first-order valence-corrected chi connectivity index (χ1v) is 6.69. The van der Waals surface area contributed by atoms with Crippen molar-refractivity contribution in [3.05, 3.63) is 59.7 Å². The van der Waals surface area contributed by atoms with Gasteiger partial charge in [-0.25, -0.2) is 9.48 Å². The van der Waals surface area contributed by atoms with Gasteiger partial charge in [-0.2, -0.15) is 0 Å². The van der Waals surface area contributed by atoms with E-state index in [1.807, 2.05) is 25.1 Å². The highest BCUT2D eigenvalue weighted by Crippen LogP contribution is 2.22. The fourth-order valence-corrected chi connectivity index (χ4v) is 2.27. The van der Waals surface area contributed by atoms with Gasteiger partial charge in [-0.1, -0.05) is 41.6 Å². The van der Waals surface area contributed by atoms with Gasteiger partial charge in [0.1, 0.15) is 5.52 Å². The quantitative estimate of drug-likeness (QED) is 0.721. The fourth-order valence-electron chi connectivity index (χ4n) is 2.27. The van der Waals surface area contributed by atoms with Crippen LogP contribution < -0.4 is 5.73 Å². The Morgan fingerprint density at radius 2 is 1.91 bits per heavy atom. The van der Waals surface area contributed by atoms with Gasteiger partial charge in [0.2, 0.25) is 0 Å². The molecular formula is C16H14N4O2. The minimum Gasteiger partial charge on any atom is -0.476 e. The summed E-state index contributed by atoms with van der Waals surface area (Å²) in [6.07, 6.45) is 0. The number of aryl methyl sites for hydroxylation is 1. The molecule has 0 amide bonds. The summed E-state index contributed by atoms with van der Waals surface area (Å²) >= 11 is 0. The number of carboxylic acids is 1. The van der Waals surface area contributed by atoms with Crippen molar-refractivity contribution in [2.24, 2.45) is 5.73 Å². The van der Waals surface area contributed by atoms with Crippen LogP contribution in [0.2, 0.25) is 0 Å². The molecule has 0 radical (unpaired) electrons. The van der Waals surface area contributed by atoms with Crippen molar-refractivity contribution >= 4 is 28.4 Å². The Balaban J connectivity index is 2.25. The maximum Gasteiger partial charge on any atom is 0.356 e. The van der Waals surface area contributed by atoms with Crippen molar-refractivity contribution in [2.75, 3.05) is 0 Å². The summed E-state index contributed by atoms with van der Waals surface area (Å²) < 4.78 is 1.26. The van der Waals surface area contributed by atoms with Gasteiger partial charge in [-0.05, 0) is 30.2 Å². The Labute approximate surface area is 126 Å². The number of nitrogens with zero attached hydrogens (tertiary/aromatic N) is 3. The van der Waals surface area contributed by atoms with Crippen LogP contribution in [0, 0.1) is 6.92 Å². The first kappa shape index (κ1) is 13.8. The summed E-state index contributed by atoms with van der Waals surface area (Å²) in [4.78, 5) is 11.7. The molecule has 1 heterocycles. The Hall–Kier alpha value is -3.15. The molecule has 0 atom stereocenters. The molecule has 6 heteroatoms. The lowest BCUT2D eigenvalue weighted by atomic mass is 10.1. The number of carboxylic acid groups (broad SMARTS) is 1. The van der Waals surface area contributed by atoms with Crippen LogP contribution in [-0.2, 0) is 4.79 Å². The average molecular weight is 294 g/mol. The summed E-state index contributed by atoms with van der Waals surface area (Å²) in [5, 5.41) is 17.5. The van der Waals surface area contributed by atoms with E-state index in [4.69, 9.17) is 5.73 Å². The van der Waals surface area contributed by atoms with Gasteiger partial charge in [0.25, 0.3) is 0 Å². The Bertz CT molecular complexity index is 882. The van der Waals surface area contributed by atoms with Crippen molar-refractivity contribution in [3.8, 4) is 0 Å². The predicted molar refractivity (Wildman–Crippen MR) is 83.6 cm³/mol. The lowest BCUT2D eigenvalue weighted by molar-refractivity contribution is -0.130. The van der Waals surface area contributed by atoms with Crippen molar-refractivity contribution in [3.63, 3.8) is 0 Å². The van der Waals surface area contributed by atoms with E-state index >= 15 is 0 Å². The largest absolute Gasteiger partial charge is 0.476 e. The average Bonchev–Trinajstić information content (AvgIpc) is 2.90. The minimum absolute atomic E-state index is 0.113. The summed E-state index contributed by atoms with van der Waals surface area (Å²) in [7, 11) is 0. The summed E-state index contributed by atoms with van der Waals surface area (Å²) in [6.45, 7) is 1.94. The summed E-state index contributed by atoms with van der Waals surface area (Å²) in [6, 6.07) is 14.4. The molecule has 0 saturated carbocycles. The standard InChI is InChI=1S/C16H14N4O2/c1-10-7-8-13-12(9-10)18-19-20(13)15(16(21)22)14(17)11-5-3-2-4-6-11/h2-9H,17H2,1H3,(H,21,22)/b15-14+. The highest BCUT2D eigenvalue weighted by molar-refractivity contribution is 6.18. The molecule has 0 bridgehead atoms. The van der Waals surface area contributed by atoms with Crippen LogP contribution in [0.15, 0.2) is 48.5 Å². The minimum atomic E-state index is -1.16. The van der Waals surface area contributed by atoms with Gasteiger partial charge in [0, 0.05) is 0 Å². The van der Waals surface area contributed by atoms with Gasteiger partial charge in [0.15, 0.2) is 5.70 Å². The number of hydrogen-bond acceptors (Lipinski definition) is 4. The lowest BCUT2D eigenvalue weighted by Gasteiger charge is -2.09. The molecule has 22 heavy (non-hydrogen) atoms. The molecule has 110 valence electrons. The van der Waals surface area contributed by atoms with Gasteiger partial charge in [-0.15, -0.1) is 5.10 Å². The molecule has 0 aliphatic carbocycles. The number of benzene rings is 2. The van der Waals surface area contributed by atoms with E-state index in [0.717, 1.165) is 5.56 Å². The van der Waals surface area contributed by atoms with Crippen molar-refractivity contribution in [1.29, 1.82) is 0 Å². The molecule has 3 N–H and O–H groups in total. The second kappa shape index (κ2) is 5.33. The topological polar surface area (TPSA) is 94.0 Å². The molecule has 3 aromatic rings. The first-order valence-electron chi connectivity index (χ1n) is 6.69. The van der Waals surface area contributed by atoms with Crippen molar-refractivity contribution in [1.82, 2.24) is 15.0 Å². The third-order valence-corrected chi connectivity index (χ3v) is 3.36. The van der Waals surface area contributed by atoms with Gasteiger partial charge in [-0.3, -0.25) is 0 Å². The van der Waals surface area contributed by atoms with Crippen LogP contribution in [0.5, 0.6) is 0 Å². The molecule has 2 aromatic carbocycles. The van der Waals surface area contributed by atoms with E-state index in [2.05, 4.69) is 10.3 Å². The van der Waals surface area contributed by atoms with Crippen LogP contribution >= 0.6 is 0 Å². The summed E-state index contributed by atoms with van der Waals surface area (Å²) in [5.74, 6) is -1.16. The van der Waals surface area contributed by atoms with E-state index in [1.165, 1.54) is 4.68 Å². The van der Waals surface area contributed by atoms with Crippen LogP contribution in [0.3, 0.4) is 0 Å². The zero-order valence-corrected chi connectivity index (χ0v) is 11.9. The maximum atomic E-state index is 11.7. The molecule has 1 aromatic heterocycles. The highest BCUT2D eigenvalue weighted by Gasteiger charge is 2.20. The van der Waals surface area contributed by atoms with E-state index in [-0.39, 0.29) is 11.4 Å². The number of fused-ring (bicyclic) bond motifs is 1. The molecule has 0 fully saturated rings. The lowest BCUT2D eigenvalue weighted by Crippen LogP contribution is -2.15. The third-order valence-electron chi connectivity index (χ3n) is 3.36. The number of nitrogens with two attached hydrogens (primary N) is 1. The van der Waals surface area contributed by atoms with E-state index in [1.54, 1.807) is 30.3 Å². The fraction of sp³-hybridized carbons (Fsp3) is 0.0625. The number of carbonyl (C=O) groups is 1. The molecule has 6 nitrogen and oxygen atoms in total. The first-order chi connectivity index (χ1) is 10.6. The van der Waals surface area contributed by atoms with E-state index < -0.39 is 5.97 Å². The maximum absolute atomic E-state index is 11.7. The van der Waals surface area contributed by atoms with Gasteiger partial charge < -0.3 is 10.8 Å².